The molecule has 2 rings (SSSR count). The number of thioether (sulfide) groups is 1. The van der Waals surface area contributed by atoms with Crippen LogP contribution in [0.15, 0.2) is 47.1 Å². The first-order valence-electron chi connectivity index (χ1n) is 6.70. The number of hydrogen-bond acceptors (Lipinski definition) is 4. The summed E-state index contributed by atoms with van der Waals surface area (Å²) >= 11 is 6.64. The van der Waals surface area contributed by atoms with Crippen molar-refractivity contribution in [3.05, 3.63) is 52.6 Å². The average molecular weight is 319 g/mol. The maximum absolute atomic E-state index is 12.5. The molecule has 0 radical (unpaired) electrons. The number of ether oxygens (including phenoxy) is 1. The quantitative estimate of drug-likeness (QED) is 0.473. The van der Waals surface area contributed by atoms with E-state index in [0.717, 1.165) is 11.3 Å². The number of carbonyl (C=O) groups is 1. The van der Waals surface area contributed by atoms with Gasteiger partial charge in [0.25, 0.3) is 5.91 Å². The van der Waals surface area contributed by atoms with E-state index in [2.05, 4.69) is 0 Å². The predicted octanol–water partition coefficient (Wildman–Crippen LogP) is 4.18. The molecule has 0 saturated carbocycles. The van der Waals surface area contributed by atoms with Crippen LogP contribution in [0.4, 0.5) is 5.69 Å². The zero-order chi connectivity index (χ0) is 15.4. The Morgan fingerprint density at radius 1 is 1.48 bits per heavy atom. The Bertz CT molecular complexity index is 635. The Balaban J connectivity index is 2.31. The standard InChI is InChI=1S/C16H17NO2S2/c1-4-13(19-5-2)10-14-15(18)17(16(20)21-14)12-8-6-7-11(3)9-12/h4,6-10H,5H2,1-3H3/b13-4-,14-10-. The first-order chi connectivity index (χ1) is 10.1. The number of thiocarbonyl (C=S) groups is 1. The third-order valence-electron chi connectivity index (χ3n) is 2.92. The lowest BCUT2D eigenvalue weighted by Gasteiger charge is -2.14. The Morgan fingerprint density at radius 3 is 2.86 bits per heavy atom. The van der Waals surface area contributed by atoms with Crippen LogP contribution in [0.1, 0.15) is 19.4 Å². The molecule has 1 aliphatic heterocycles. The molecule has 3 nitrogen and oxygen atoms in total. The number of amides is 1. The number of nitrogens with zero attached hydrogens (tertiary/aromatic N) is 1. The van der Waals surface area contributed by atoms with Crippen LogP contribution in [0.25, 0.3) is 0 Å². The van der Waals surface area contributed by atoms with E-state index >= 15 is 0 Å². The van der Waals surface area contributed by atoms with Gasteiger partial charge in [-0.05, 0) is 50.6 Å². The van der Waals surface area contributed by atoms with Gasteiger partial charge in [0.2, 0.25) is 0 Å². The van der Waals surface area contributed by atoms with Gasteiger partial charge in [-0.1, -0.05) is 36.1 Å². The van der Waals surface area contributed by atoms with E-state index in [4.69, 9.17) is 17.0 Å². The van der Waals surface area contributed by atoms with E-state index in [1.54, 1.807) is 11.0 Å². The molecule has 0 spiro atoms. The molecule has 0 aliphatic carbocycles. The van der Waals surface area contributed by atoms with E-state index in [9.17, 15) is 4.79 Å². The van der Waals surface area contributed by atoms with Gasteiger partial charge >= 0.3 is 0 Å². The molecule has 0 aromatic heterocycles. The highest BCUT2D eigenvalue weighted by molar-refractivity contribution is 8.27. The van der Waals surface area contributed by atoms with Crippen LogP contribution < -0.4 is 4.90 Å². The predicted molar refractivity (Wildman–Crippen MR) is 92.3 cm³/mol. The summed E-state index contributed by atoms with van der Waals surface area (Å²) in [5.74, 6) is 0.580. The minimum absolute atomic E-state index is 0.102. The van der Waals surface area contributed by atoms with Crippen molar-refractivity contribution in [1.82, 2.24) is 0 Å². The largest absolute Gasteiger partial charge is 0.494 e. The Kier molecular flexibility index (Phi) is 5.20. The third-order valence-corrected chi connectivity index (χ3v) is 4.22. The molecule has 1 aromatic carbocycles. The van der Waals surface area contributed by atoms with Crippen molar-refractivity contribution in [2.45, 2.75) is 20.8 Å². The lowest BCUT2D eigenvalue weighted by Crippen LogP contribution is -2.27. The van der Waals surface area contributed by atoms with Crippen LogP contribution in [-0.4, -0.2) is 16.8 Å². The Morgan fingerprint density at radius 2 is 2.24 bits per heavy atom. The maximum atomic E-state index is 12.5. The number of carbonyl (C=O) groups excluding carboxylic acids is 1. The first-order valence-corrected chi connectivity index (χ1v) is 7.93. The van der Waals surface area contributed by atoms with Gasteiger partial charge in [0, 0.05) is 0 Å². The van der Waals surface area contributed by atoms with Gasteiger partial charge in [-0.2, -0.15) is 0 Å². The summed E-state index contributed by atoms with van der Waals surface area (Å²) in [5.41, 5.74) is 1.90. The van der Waals surface area contributed by atoms with Crippen LogP contribution in [0.5, 0.6) is 0 Å². The van der Waals surface area contributed by atoms with Crippen molar-refractivity contribution in [2.24, 2.45) is 0 Å². The number of anilines is 1. The van der Waals surface area contributed by atoms with Gasteiger partial charge < -0.3 is 4.74 Å². The zero-order valence-corrected chi connectivity index (χ0v) is 13.9. The van der Waals surface area contributed by atoms with Crippen LogP contribution >= 0.6 is 24.0 Å². The number of allylic oxidation sites excluding steroid dienone is 2. The minimum Gasteiger partial charge on any atom is -0.494 e. The summed E-state index contributed by atoms with van der Waals surface area (Å²) in [6.45, 7) is 6.34. The molecule has 0 bridgehead atoms. The highest BCUT2D eigenvalue weighted by atomic mass is 32.2. The topological polar surface area (TPSA) is 29.5 Å². The number of benzene rings is 1. The van der Waals surface area contributed by atoms with E-state index in [1.807, 2.05) is 51.1 Å². The summed E-state index contributed by atoms with van der Waals surface area (Å²) in [4.78, 5) is 14.7. The molecule has 1 fully saturated rings. The summed E-state index contributed by atoms with van der Waals surface area (Å²) in [6.07, 6.45) is 3.58. The highest BCUT2D eigenvalue weighted by Crippen LogP contribution is 2.35. The fraction of sp³-hybridized carbons (Fsp3) is 0.250. The molecule has 1 saturated heterocycles. The normalized spacial score (nSPS) is 17.8. The van der Waals surface area contributed by atoms with Crippen LogP contribution in [0.2, 0.25) is 0 Å². The van der Waals surface area contributed by atoms with Gasteiger partial charge in [-0.3, -0.25) is 9.69 Å². The molecule has 0 N–H and O–H groups in total. The van der Waals surface area contributed by atoms with Gasteiger partial charge in [0.1, 0.15) is 5.76 Å². The number of aryl methyl sites for hydroxylation is 1. The molecule has 1 heterocycles. The highest BCUT2D eigenvalue weighted by Gasteiger charge is 2.33. The summed E-state index contributed by atoms with van der Waals surface area (Å²) in [6, 6.07) is 7.75. The van der Waals surface area contributed by atoms with Gasteiger partial charge in [-0.25, -0.2) is 0 Å². The van der Waals surface area contributed by atoms with Crippen LogP contribution in [0, 0.1) is 6.92 Å². The summed E-state index contributed by atoms with van der Waals surface area (Å²) < 4.78 is 6.00. The van der Waals surface area contributed by atoms with Crippen molar-refractivity contribution >= 4 is 39.9 Å². The number of hydrogen-bond donors (Lipinski definition) is 0. The first kappa shape index (κ1) is 15.8. The van der Waals surface area contributed by atoms with Crippen molar-refractivity contribution in [1.29, 1.82) is 0 Å². The maximum Gasteiger partial charge on any atom is 0.270 e. The van der Waals surface area contributed by atoms with Crippen LogP contribution in [-0.2, 0) is 9.53 Å². The SMILES string of the molecule is C/C=C(/C=C1\SC(=S)N(c2cccc(C)c2)C1=O)OCC. The summed E-state index contributed by atoms with van der Waals surface area (Å²) in [5, 5.41) is 0. The molecular formula is C16H17NO2S2. The Hall–Kier alpha value is -1.59. The van der Waals surface area contributed by atoms with E-state index in [0.29, 0.717) is 21.6 Å². The molecule has 5 heteroatoms. The lowest BCUT2D eigenvalue weighted by atomic mass is 10.2. The average Bonchev–Trinajstić information content (AvgIpc) is 2.73. The molecule has 110 valence electrons. The molecule has 21 heavy (non-hydrogen) atoms. The van der Waals surface area contributed by atoms with Crippen molar-refractivity contribution in [2.75, 3.05) is 11.5 Å². The zero-order valence-electron chi connectivity index (χ0n) is 12.3. The molecular weight excluding hydrogens is 302 g/mol. The van der Waals surface area contributed by atoms with E-state index in [-0.39, 0.29) is 5.91 Å². The fourth-order valence-electron chi connectivity index (χ4n) is 1.96. The molecule has 0 atom stereocenters. The van der Waals surface area contributed by atoms with Gasteiger partial charge in [0.05, 0.1) is 17.2 Å². The van der Waals surface area contributed by atoms with Crippen molar-refractivity contribution in [3.63, 3.8) is 0 Å². The van der Waals surface area contributed by atoms with E-state index in [1.165, 1.54) is 11.8 Å². The van der Waals surface area contributed by atoms with Gasteiger partial charge in [0.15, 0.2) is 4.32 Å². The fourth-order valence-corrected chi connectivity index (χ4v) is 3.24. The van der Waals surface area contributed by atoms with Gasteiger partial charge in [-0.15, -0.1) is 0 Å². The second-order valence-corrected chi connectivity index (χ2v) is 6.16. The number of rotatable bonds is 4. The van der Waals surface area contributed by atoms with Crippen molar-refractivity contribution in [3.8, 4) is 0 Å². The molecule has 1 amide bonds. The second-order valence-electron chi connectivity index (χ2n) is 4.48. The van der Waals surface area contributed by atoms with E-state index < -0.39 is 0 Å². The van der Waals surface area contributed by atoms with Crippen LogP contribution in [0.3, 0.4) is 0 Å². The third kappa shape index (κ3) is 3.54. The molecule has 0 unspecified atom stereocenters. The van der Waals surface area contributed by atoms with Crippen molar-refractivity contribution < 1.29 is 9.53 Å². The smallest absolute Gasteiger partial charge is 0.270 e. The molecule has 1 aromatic rings. The Labute approximate surface area is 134 Å². The second kappa shape index (κ2) is 6.91. The lowest BCUT2D eigenvalue weighted by molar-refractivity contribution is -0.113. The monoisotopic (exact) mass is 319 g/mol. The molecule has 1 aliphatic rings. The minimum atomic E-state index is -0.102. The summed E-state index contributed by atoms with van der Waals surface area (Å²) in [7, 11) is 0.